The van der Waals surface area contributed by atoms with Crippen molar-refractivity contribution in [1.29, 1.82) is 0 Å². The van der Waals surface area contributed by atoms with Crippen molar-refractivity contribution in [3.05, 3.63) is 0 Å². The number of carbonyl (C=O) groups is 2. The third kappa shape index (κ3) is 15.1. The number of aliphatic hydroxyl groups excluding tert-OH is 20. The molecular formula is C46H80N2O34. The Labute approximate surface area is 466 Å². The Hall–Kier alpha value is -2.34. The fourth-order valence-electron chi connectivity index (χ4n) is 10.3. The Morgan fingerprint density at radius 1 is 0.390 bits per heavy atom. The molecule has 6 heterocycles. The second-order valence-corrected chi connectivity index (χ2v) is 20.8. The highest BCUT2D eigenvalue weighted by molar-refractivity contribution is 5.73. The van der Waals surface area contributed by atoms with Gasteiger partial charge in [0, 0.05) is 13.8 Å². The van der Waals surface area contributed by atoms with Crippen LogP contribution in [-0.4, -0.2) is 362 Å². The first-order valence-electron chi connectivity index (χ1n) is 26.3. The summed E-state index contributed by atoms with van der Waals surface area (Å²) in [4.78, 5) is 25.7. The van der Waals surface area contributed by atoms with E-state index in [1.165, 1.54) is 13.8 Å². The maximum Gasteiger partial charge on any atom is 0.217 e. The minimum atomic E-state index is -2.32. The summed E-state index contributed by atoms with van der Waals surface area (Å²) in [7, 11) is 0. The van der Waals surface area contributed by atoms with Crippen molar-refractivity contribution in [2.45, 2.75) is 236 Å². The van der Waals surface area contributed by atoms with Crippen LogP contribution in [0.2, 0.25) is 0 Å². The van der Waals surface area contributed by atoms with Gasteiger partial charge in [-0.15, -0.1) is 0 Å². The van der Waals surface area contributed by atoms with Gasteiger partial charge in [0.1, 0.15) is 159 Å². The topological polar surface area (TPSA) is 574 Å². The normalized spacial score (nSPS) is 47.2. The van der Waals surface area contributed by atoms with E-state index < -0.39 is 260 Å². The van der Waals surface area contributed by atoms with E-state index in [0.29, 0.717) is 0 Å². The molecule has 0 unspecified atom stereocenters. The average Bonchev–Trinajstić information content (AvgIpc) is 3.61. The minimum Gasteiger partial charge on any atom is -0.394 e. The number of rotatable bonds is 23. The number of hydrogen-bond acceptors (Lipinski definition) is 34. The molecule has 6 rings (SSSR count). The average molecular weight is 1210 g/mol. The number of aliphatic hydroxyl groups is 20. The van der Waals surface area contributed by atoms with Crippen molar-refractivity contribution < 1.29 is 169 Å². The van der Waals surface area contributed by atoms with Gasteiger partial charge in [0.2, 0.25) is 11.8 Å². The van der Waals surface area contributed by atoms with Gasteiger partial charge < -0.3 is 170 Å². The fourth-order valence-corrected chi connectivity index (χ4v) is 10.3. The summed E-state index contributed by atoms with van der Waals surface area (Å²) in [6.07, 6.45) is -62.2. The van der Waals surface area contributed by atoms with E-state index in [4.69, 9.17) is 56.8 Å². The van der Waals surface area contributed by atoms with Gasteiger partial charge in [-0.3, -0.25) is 9.59 Å². The zero-order chi connectivity index (χ0) is 60.9. The molecule has 0 saturated carbocycles. The molecule has 36 nitrogen and oxygen atoms in total. The van der Waals surface area contributed by atoms with E-state index >= 15 is 0 Å². The van der Waals surface area contributed by atoms with Gasteiger partial charge >= 0.3 is 0 Å². The van der Waals surface area contributed by atoms with Gasteiger partial charge in [0.25, 0.3) is 0 Å². The van der Waals surface area contributed by atoms with Gasteiger partial charge in [0.05, 0.1) is 51.8 Å². The molecule has 0 spiro atoms. The first-order valence-corrected chi connectivity index (χ1v) is 26.3. The molecule has 0 aromatic carbocycles. The van der Waals surface area contributed by atoms with Crippen molar-refractivity contribution in [2.24, 2.45) is 0 Å². The molecule has 2 amide bonds. The Balaban J connectivity index is 1.35. The van der Waals surface area contributed by atoms with Crippen LogP contribution in [0.3, 0.4) is 0 Å². The molecule has 0 aromatic heterocycles. The van der Waals surface area contributed by atoms with Crippen LogP contribution in [0.15, 0.2) is 0 Å². The van der Waals surface area contributed by atoms with Crippen LogP contribution in [-0.2, 0) is 66.4 Å². The van der Waals surface area contributed by atoms with Gasteiger partial charge in [-0.05, 0) is 13.8 Å². The zero-order valence-electron chi connectivity index (χ0n) is 44.5. The van der Waals surface area contributed by atoms with Gasteiger partial charge in [-0.1, -0.05) is 0 Å². The Morgan fingerprint density at radius 2 is 0.805 bits per heavy atom. The van der Waals surface area contributed by atoms with Crippen LogP contribution in [0.1, 0.15) is 27.7 Å². The molecule has 0 bridgehead atoms. The Kier molecular flexibility index (Phi) is 25.2. The molecule has 0 aromatic rings. The minimum absolute atomic E-state index is 0.871. The molecule has 6 saturated heterocycles. The van der Waals surface area contributed by atoms with Crippen molar-refractivity contribution in [3.63, 3.8) is 0 Å². The molecule has 0 radical (unpaired) electrons. The molecule has 6 aliphatic heterocycles. The largest absolute Gasteiger partial charge is 0.394 e. The summed E-state index contributed by atoms with van der Waals surface area (Å²) in [5, 5.41) is 220. The molecule has 82 heavy (non-hydrogen) atoms. The lowest BCUT2D eigenvalue weighted by atomic mass is 9.93. The van der Waals surface area contributed by atoms with E-state index in [9.17, 15) is 112 Å². The molecule has 6 aliphatic rings. The molecule has 36 heteroatoms. The fraction of sp³-hybridized carbons (Fsp3) is 0.957. The van der Waals surface area contributed by atoms with E-state index in [2.05, 4.69) is 10.6 Å². The van der Waals surface area contributed by atoms with Gasteiger partial charge in [-0.2, -0.15) is 0 Å². The summed E-state index contributed by atoms with van der Waals surface area (Å²) in [6.45, 7) is -1.99. The van der Waals surface area contributed by atoms with Crippen molar-refractivity contribution in [3.8, 4) is 0 Å². The highest BCUT2D eigenvalue weighted by Crippen LogP contribution is 2.39. The smallest absolute Gasteiger partial charge is 0.217 e. The molecule has 478 valence electrons. The Bertz CT molecular complexity index is 1980. The van der Waals surface area contributed by atoms with Crippen molar-refractivity contribution >= 4 is 11.8 Å². The third-order valence-corrected chi connectivity index (χ3v) is 14.9. The van der Waals surface area contributed by atoms with Crippen molar-refractivity contribution in [2.75, 3.05) is 39.6 Å². The second-order valence-electron chi connectivity index (χ2n) is 20.8. The Morgan fingerprint density at radius 3 is 1.32 bits per heavy atom. The molecule has 0 aliphatic carbocycles. The summed E-state index contributed by atoms with van der Waals surface area (Å²) in [6, 6.07) is -3.73. The summed E-state index contributed by atoms with van der Waals surface area (Å²) in [5.74, 6) is -1.81. The van der Waals surface area contributed by atoms with Gasteiger partial charge in [-0.25, -0.2) is 0 Å². The summed E-state index contributed by atoms with van der Waals surface area (Å²) >= 11 is 0. The lowest BCUT2D eigenvalue weighted by Crippen LogP contribution is -2.71. The first-order chi connectivity index (χ1) is 38.7. The number of ether oxygens (including phenoxy) is 12. The third-order valence-electron chi connectivity index (χ3n) is 14.9. The van der Waals surface area contributed by atoms with Crippen LogP contribution in [0.4, 0.5) is 0 Å². The van der Waals surface area contributed by atoms with E-state index in [-0.39, 0.29) is 0 Å². The van der Waals surface area contributed by atoms with Crippen LogP contribution < -0.4 is 10.6 Å². The lowest BCUT2D eigenvalue weighted by molar-refractivity contribution is -0.400. The quantitative estimate of drug-likeness (QED) is 0.0452. The molecule has 34 atom stereocenters. The van der Waals surface area contributed by atoms with Crippen LogP contribution in [0, 0.1) is 0 Å². The highest BCUT2D eigenvalue weighted by atomic mass is 16.8. The standard InChI is InChI=1S/C46H80N2O34/c1-11-23(59)29(65)32(68)43(71-11)80-38-22(48-14(4)56)42(76-20(10-54)37(38)79-46-40(31(67)26(62)17(7-51)74-46)82-44-33(69)30(66)24(60)12(2)72-44)81-39-27(63)18(8-52)73-45(34(39)70)78-36-19(9-53)75-41(21(28(36)64)47-13(3)55)77-35(16(58)6-50)25(61)15(57)5-49/h11-12,15-46,49-54,57-70H,5-10H2,1-4H3,(H,47,55)(H,48,56)/t11-,12-,15+,16-,17+,18+,19+,20+,21+,22+,23+,24+,25+,26-,27-,28+,29+,30+,31-,32-,33-,34+,35+,36+,37+,38+,39-,40+,41-,42-,43-,44-,45-,46-/m0/s1. The predicted octanol–water partition coefficient (Wildman–Crippen LogP) is -14.3. The lowest BCUT2D eigenvalue weighted by Gasteiger charge is -2.52. The number of amides is 2. The second kappa shape index (κ2) is 30.0. The summed E-state index contributed by atoms with van der Waals surface area (Å²) in [5.41, 5.74) is 0. The number of hydrogen-bond donors (Lipinski definition) is 22. The monoisotopic (exact) mass is 1200 g/mol. The summed E-state index contributed by atoms with van der Waals surface area (Å²) < 4.78 is 70.9. The SMILES string of the molecule is CC(=O)N[C@H]1[C@H](O[C@@H]([C@H](O)[C@H](O)CO)[C@@H](O)CO)O[C@H](CO)[C@@H](O[C@@H]2O[C@H](CO)[C@H](O)[C@H](O[C@@H]3O[C@H](CO)[C@@H](O[C@@H]4O[C@H](CO)[C@H](O)[C@H](O)[C@H]4O[C@@H]4O[C@@H](C)[C@@H](O)[C@@H](O)[C@@H]4O)[C@H](O[C@@H]4O[C@@H](C)[C@@H](O)[C@@H](O)[C@@H]4O)[C@H]3NC(C)=O)[C@H]2O)[C@@H]1O. The van der Waals surface area contributed by atoms with E-state index in [1.54, 1.807) is 0 Å². The first kappa shape index (κ1) is 68.8. The zero-order valence-corrected chi connectivity index (χ0v) is 44.5. The van der Waals surface area contributed by atoms with E-state index in [0.717, 1.165) is 13.8 Å². The maximum atomic E-state index is 13.2. The van der Waals surface area contributed by atoms with Crippen LogP contribution in [0.5, 0.6) is 0 Å². The maximum absolute atomic E-state index is 13.2. The van der Waals surface area contributed by atoms with Crippen molar-refractivity contribution in [1.82, 2.24) is 10.6 Å². The highest BCUT2D eigenvalue weighted by Gasteiger charge is 2.59. The predicted molar refractivity (Wildman–Crippen MR) is 254 cm³/mol. The molecule has 22 N–H and O–H groups in total. The van der Waals surface area contributed by atoms with Gasteiger partial charge in [0.15, 0.2) is 37.7 Å². The number of carbonyl (C=O) groups excluding carboxylic acids is 2. The van der Waals surface area contributed by atoms with Crippen LogP contribution >= 0.6 is 0 Å². The number of nitrogens with one attached hydrogen (secondary N) is 2. The molecule has 6 fully saturated rings. The van der Waals surface area contributed by atoms with Crippen LogP contribution in [0.25, 0.3) is 0 Å². The van der Waals surface area contributed by atoms with E-state index in [1.807, 2.05) is 0 Å². The molecular weight excluding hydrogens is 1120 g/mol.